The minimum absolute atomic E-state index is 0.620. The van der Waals surface area contributed by atoms with Crippen molar-refractivity contribution in [3.8, 4) is 5.75 Å². The van der Waals surface area contributed by atoms with Crippen LogP contribution in [-0.4, -0.2) is 35.1 Å². The number of methoxy groups -OCH3 is 1. The van der Waals surface area contributed by atoms with Gasteiger partial charge in [0.15, 0.2) is 0 Å². The quantitative estimate of drug-likeness (QED) is 0.734. The highest BCUT2D eigenvalue weighted by Gasteiger charge is 2.22. The van der Waals surface area contributed by atoms with E-state index in [1.807, 2.05) is 17.6 Å². The third-order valence-electron chi connectivity index (χ3n) is 4.89. The van der Waals surface area contributed by atoms with Crippen LogP contribution in [0.4, 0.5) is 0 Å². The van der Waals surface area contributed by atoms with Crippen LogP contribution in [0, 0.1) is 0 Å². The summed E-state index contributed by atoms with van der Waals surface area (Å²) in [5.41, 5.74) is 5.57. The zero-order valence-corrected chi connectivity index (χ0v) is 15.2. The predicted molar refractivity (Wildman–Crippen MR) is 99.2 cm³/mol. The highest BCUT2D eigenvalue weighted by Crippen LogP contribution is 2.33. The summed E-state index contributed by atoms with van der Waals surface area (Å²) in [4.78, 5) is 10.3. The second kappa shape index (κ2) is 6.75. The number of hydrogen-bond donors (Lipinski definition) is 1. The lowest BCUT2D eigenvalue weighted by atomic mass is 9.94. The van der Waals surface area contributed by atoms with E-state index in [9.17, 15) is 0 Å². The summed E-state index contributed by atoms with van der Waals surface area (Å²) in [6.07, 6.45) is 4.45. The second-order valence-corrected chi connectivity index (χ2v) is 7.44. The average Bonchev–Trinajstić information content (AvgIpc) is 3.25. The van der Waals surface area contributed by atoms with Crippen molar-refractivity contribution >= 4 is 33.8 Å². The van der Waals surface area contributed by atoms with Gasteiger partial charge in [0.25, 0.3) is 0 Å². The minimum Gasteiger partial charge on any atom is -0.495 e. The van der Waals surface area contributed by atoms with Crippen molar-refractivity contribution in [1.82, 2.24) is 14.9 Å². The summed E-state index contributed by atoms with van der Waals surface area (Å²) in [6, 6.07) is 3.97. The van der Waals surface area contributed by atoms with Crippen molar-refractivity contribution in [2.75, 3.05) is 20.2 Å². The average molecular weight is 362 g/mol. The lowest BCUT2D eigenvalue weighted by molar-refractivity contribution is 0.204. The molecule has 0 saturated carbocycles. The molecule has 4 nitrogen and oxygen atoms in total. The summed E-state index contributed by atoms with van der Waals surface area (Å²) < 4.78 is 5.36. The minimum atomic E-state index is 0.620. The first-order valence-corrected chi connectivity index (χ1v) is 9.50. The number of piperidine rings is 1. The zero-order valence-electron chi connectivity index (χ0n) is 13.6. The Morgan fingerprint density at radius 1 is 1.38 bits per heavy atom. The van der Waals surface area contributed by atoms with Gasteiger partial charge in [-0.15, -0.1) is 11.3 Å². The molecule has 0 bridgehead atoms. The van der Waals surface area contributed by atoms with E-state index in [4.69, 9.17) is 16.3 Å². The van der Waals surface area contributed by atoms with Crippen molar-refractivity contribution in [1.29, 1.82) is 0 Å². The maximum Gasteiger partial charge on any atom is 0.138 e. The van der Waals surface area contributed by atoms with Crippen LogP contribution in [0.2, 0.25) is 5.02 Å². The van der Waals surface area contributed by atoms with E-state index in [0.29, 0.717) is 10.9 Å². The number of thiazole rings is 1. The molecular formula is C18H20ClN3OS. The first-order valence-electron chi connectivity index (χ1n) is 8.18. The maximum atomic E-state index is 6.21. The molecule has 0 atom stereocenters. The van der Waals surface area contributed by atoms with Crippen molar-refractivity contribution in [2.45, 2.75) is 25.3 Å². The van der Waals surface area contributed by atoms with Crippen LogP contribution in [0.3, 0.4) is 0 Å². The molecule has 6 heteroatoms. The SMILES string of the molecule is COc1cc2c(CN3CCC(c4cscn4)CC3)c[nH]c2cc1Cl. The standard InChI is InChI=1S/C18H20ClN3OS/c1-23-18-6-14-13(8-20-16(14)7-15(18)19)9-22-4-2-12(3-5-22)17-10-24-11-21-17/h6-8,10-12,20H,2-5,9H2,1H3. The summed E-state index contributed by atoms with van der Waals surface area (Å²) >= 11 is 7.90. The van der Waals surface area contributed by atoms with Gasteiger partial charge in [0.1, 0.15) is 5.75 Å². The third-order valence-corrected chi connectivity index (χ3v) is 5.79. The number of rotatable bonds is 4. The van der Waals surface area contributed by atoms with Crippen LogP contribution >= 0.6 is 22.9 Å². The lowest BCUT2D eigenvalue weighted by Gasteiger charge is -2.31. The van der Waals surface area contributed by atoms with E-state index in [1.165, 1.54) is 29.5 Å². The van der Waals surface area contributed by atoms with E-state index in [2.05, 4.69) is 26.4 Å². The molecule has 24 heavy (non-hydrogen) atoms. The Labute approximate surface area is 150 Å². The first kappa shape index (κ1) is 15.9. The van der Waals surface area contributed by atoms with Gasteiger partial charge in [-0.05, 0) is 43.6 Å². The molecule has 3 heterocycles. The van der Waals surface area contributed by atoms with Gasteiger partial charge in [-0.3, -0.25) is 4.90 Å². The number of halogens is 1. The number of aromatic nitrogens is 2. The van der Waals surface area contributed by atoms with Gasteiger partial charge < -0.3 is 9.72 Å². The smallest absolute Gasteiger partial charge is 0.138 e. The number of hydrogen-bond acceptors (Lipinski definition) is 4. The molecule has 1 fully saturated rings. The molecule has 126 valence electrons. The Hall–Kier alpha value is -1.56. The molecule has 0 spiro atoms. The van der Waals surface area contributed by atoms with E-state index in [1.54, 1.807) is 18.4 Å². The predicted octanol–water partition coefficient (Wildman–Crippen LogP) is 4.67. The van der Waals surface area contributed by atoms with Crippen molar-refractivity contribution < 1.29 is 4.74 Å². The molecule has 1 aliphatic heterocycles. The van der Waals surface area contributed by atoms with Crippen molar-refractivity contribution in [2.24, 2.45) is 0 Å². The molecular weight excluding hydrogens is 342 g/mol. The number of ether oxygens (including phenoxy) is 1. The number of nitrogens with one attached hydrogen (secondary N) is 1. The molecule has 1 aromatic carbocycles. The number of fused-ring (bicyclic) bond motifs is 1. The van der Waals surface area contributed by atoms with E-state index >= 15 is 0 Å². The largest absolute Gasteiger partial charge is 0.495 e. The molecule has 1 N–H and O–H groups in total. The van der Waals surface area contributed by atoms with Gasteiger partial charge in [-0.2, -0.15) is 0 Å². The van der Waals surface area contributed by atoms with Crippen LogP contribution in [0.25, 0.3) is 10.9 Å². The molecule has 0 radical (unpaired) electrons. The molecule has 1 aliphatic rings. The van der Waals surface area contributed by atoms with Crippen molar-refractivity contribution in [3.05, 3.63) is 45.5 Å². The Bertz CT molecular complexity index is 822. The van der Waals surface area contributed by atoms with Gasteiger partial charge in [0, 0.05) is 34.9 Å². The molecule has 0 amide bonds. The highest BCUT2D eigenvalue weighted by molar-refractivity contribution is 7.07. The summed E-state index contributed by atoms with van der Waals surface area (Å²) in [7, 11) is 1.66. The first-order chi connectivity index (χ1) is 11.7. The van der Waals surface area contributed by atoms with Crippen molar-refractivity contribution in [3.63, 3.8) is 0 Å². The van der Waals surface area contributed by atoms with Gasteiger partial charge in [-0.1, -0.05) is 11.6 Å². The Morgan fingerprint density at radius 3 is 2.92 bits per heavy atom. The number of aromatic amines is 1. The monoisotopic (exact) mass is 361 g/mol. The molecule has 2 aromatic heterocycles. The van der Waals surface area contributed by atoms with E-state index < -0.39 is 0 Å². The Morgan fingerprint density at radius 2 is 2.21 bits per heavy atom. The number of nitrogens with zero attached hydrogens (tertiary/aromatic N) is 2. The fourth-order valence-corrected chi connectivity index (χ4v) is 4.40. The van der Waals surface area contributed by atoms with Gasteiger partial charge >= 0.3 is 0 Å². The van der Waals surface area contributed by atoms with Crippen LogP contribution in [0.15, 0.2) is 29.2 Å². The highest BCUT2D eigenvalue weighted by atomic mass is 35.5. The molecule has 4 rings (SSSR count). The Balaban J connectivity index is 1.47. The number of H-pyrrole nitrogens is 1. The van der Waals surface area contributed by atoms with E-state index in [0.717, 1.165) is 30.9 Å². The van der Waals surface area contributed by atoms with Crippen LogP contribution in [0.5, 0.6) is 5.75 Å². The fourth-order valence-electron chi connectivity index (χ4n) is 3.52. The summed E-state index contributed by atoms with van der Waals surface area (Å²) in [5, 5.41) is 4.02. The van der Waals surface area contributed by atoms with Gasteiger partial charge in [0.2, 0.25) is 0 Å². The Kier molecular flexibility index (Phi) is 4.48. The third kappa shape index (κ3) is 3.04. The van der Waals surface area contributed by atoms with E-state index in [-0.39, 0.29) is 0 Å². The van der Waals surface area contributed by atoms with Crippen LogP contribution in [-0.2, 0) is 6.54 Å². The summed E-state index contributed by atoms with van der Waals surface area (Å²) in [6.45, 7) is 3.17. The number of likely N-dealkylation sites (tertiary alicyclic amines) is 1. The fraction of sp³-hybridized carbons (Fsp3) is 0.389. The zero-order chi connectivity index (χ0) is 16.5. The van der Waals surface area contributed by atoms with Gasteiger partial charge in [0.05, 0.1) is 23.3 Å². The van der Waals surface area contributed by atoms with Crippen LogP contribution < -0.4 is 4.74 Å². The number of benzene rings is 1. The summed E-state index contributed by atoms with van der Waals surface area (Å²) in [5.74, 6) is 1.35. The normalized spacial score (nSPS) is 16.8. The second-order valence-electron chi connectivity index (χ2n) is 6.31. The topological polar surface area (TPSA) is 41.1 Å². The molecule has 1 saturated heterocycles. The van der Waals surface area contributed by atoms with Gasteiger partial charge in [-0.25, -0.2) is 4.98 Å². The van der Waals surface area contributed by atoms with Crippen LogP contribution in [0.1, 0.15) is 30.0 Å². The lowest BCUT2D eigenvalue weighted by Crippen LogP contribution is -2.32. The molecule has 0 unspecified atom stereocenters. The maximum absolute atomic E-state index is 6.21. The molecule has 3 aromatic rings. The molecule has 0 aliphatic carbocycles.